The summed E-state index contributed by atoms with van der Waals surface area (Å²) in [5.74, 6) is -0.0674. The molecule has 3 aliphatic heterocycles. The Morgan fingerprint density at radius 1 is 1.13 bits per heavy atom. The standard InChI is InChI=1S/C24H25N5O/c1-27-22(18-8-4-2-5-9-18)21(20-16-25-17-26-23(20)27)24(30)29-14-12-28(13-15-29)19-10-6-3-7-11-19/h2-4,6-8,10-12,14,16-17,20,23H,5,9,13,15H2,1H3. The number of likely N-dealkylation sites (N-methyl/N-ethyl adjacent to an activating group) is 1. The quantitative estimate of drug-likeness (QED) is 0.783. The van der Waals surface area contributed by atoms with Crippen molar-refractivity contribution in [3.8, 4) is 0 Å². The van der Waals surface area contributed by atoms with Crippen LogP contribution < -0.4 is 4.90 Å². The van der Waals surface area contributed by atoms with E-state index >= 15 is 0 Å². The van der Waals surface area contributed by atoms with Gasteiger partial charge in [-0.3, -0.25) is 4.79 Å². The molecule has 0 spiro atoms. The van der Waals surface area contributed by atoms with Gasteiger partial charge in [0.1, 0.15) is 12.5 Å². The second-order valence-electron chi connectivity index (χ2n) is 7.86. The van der Waals surface area contributed by atoms with Crippen molar-refractivity contribution in [1.29, 1.82) is 0 Å². The molecule has 0 aromatic heterocycles. The van der Waals surface area contributed by atoms with Crippen LogP contribution in [-0.4, -0.2) is 54.6 Å². The molecule has 1 aliphatic carbocycles. The summed E-state index contributed by atoms with van der Waals surface area (Å²) in [5, 5.41) is 0. The van der Waals surface area contributed by atoms with Crippen LogP contribution in [0.5, 0.6) is 0 Å². The van der Waals surface area contributed by atoms with Crippen LogP contribution in [0.4, 0.5) is 5.69 Å². The highest BCUT2D eigenvalue weighted by Gasteiger charge is 2.44. The number of nitrogens with zero attached hydrogens (tertiary/aromatic N) is 5. The van der Waals surface area contributed by atoms with E-state index in [2.05, 4.69) is 50.1 Å². The number of amides is 1. The minimum absolute atomic E-state index is 0.0484. The van der Waals surface area contributed by atoms with Crippen molar-refractivity contribution in [3.05, 3.63) is 77.8 Å². The molecular formula is C24H25N5O. The molecule has 0 radical (unpaired) electrons. The molecule has 6 heteroatoms. The van der Waals surface area contributed by atoms with Gasteiger partial charge in [-0.15, -0.1) is 0 Å². The maximum atomic E-state index is 13.7. The molecular weight excluding hydrogens is 374 g/mol. The number of fused-ring (bicyclic) bond motifs is 1. The second-order valence-corrected chi connectivity index (χ2v) is 7.86. The molecule has 4 aliphatic rings. The molecule has 0 saturated carbocycles. The number of aliphatic imine (C=N–C) groups is 2. The first-order valence-corrected chi connectivity index (χ1v) is 10.4. The Bertz CT molecular complexity index is 1020. The first-order valence-electron chi connectivity index (χ1n) is 10.4. The van der Waals surface area contributed by atoms with Crippen LogP contribution in [0.1, 0.15) is 12.8 Å². The van der Waals surface area contributed by atoms with E-state index in [1.165, 1.54) is 5.57 Å². The molecule has 0 bridgehead atoms. The predicted molar refractivity (Wildman–Crippen MR) is 120 cm³/mol. The van der Waals surface area contributed by atoms with Crippen molar-refractivity contribution in [2.24, 2.45) is 15.9 Å². The highest BCUT2D eigenvalue weighted by Crippen LogP contribution is 2.40. The molecule has 1 aromatic rings. The summed E-state index contributed by atoms with van der Waals surface area (Å²) in [6.45, 7) is 1.40. The van der Waals surface area contributed by atoms with Crippen LogP contribution in [0, 0.1) is 5.92 Å². The largest absolute Gasteiger partial charge is 0.351 e. The summed E-state index contributed by atoms with van der Waals surface area (Å²) in [6.07, 6.45) is 15.6. The first kappa shape index (κ1) is 18.6. The van der Waals surface area contributed by atoms with Gasteiger partial charge in [0, 0.05) is 44.4 Å². The van der Waals surface area contributed by atoms with E-state index in [0.717, 1.165) is 36.3 Å². The summed E-state index contributed by atoms with van der Waals surface area (Å²) in [6, 6.07) is 10.2. The van der Waals surface area contributed by atoms with Gasteiger partial charge in [-0.1, -0.05) is 36.4 Å². The Labute approximate surface area is 176 Å². The summed E-state index contributed by atoms with van der Waals surface area (Å²) in [7, 11) is 2.03. The van der Waals surface area contributed by atoms with Crippen molar-refractivity contribution in [2.75, 3.05) is 25.0 Å². The van der Waals surface area contributed by atoms with Crippen LogP contribution >= 0.6 is 0 Å². The van der Waals surface area contributed by atoms with Gasteiger partial charge >= 0.3 is 0 Å². The molecule has 30 heavy (non-hydrogen) atoms. The third kappa shape index (κ3) is 3.18. The van der Waals surface area contributed by atoms with Crippen molar-refractivity contribution < 1.29 is 4.79 Å². The molecule has 0 N–H and O–H groups in total. The van der Waals surface area contributed by atoms with Crippen molar-refractivity contribution in [2.45, 2.75) is 19.0 Å². The van der Waals surface area contributed by atoms with Crippen LogP contribution in [-0.2, 0) is 4.79 Å². The Balaban J connectivity index is 1.47. The van der Waals surface area contributed by atoms with Crippen LogP contribution in [0.15, 0.2) is 87.8 Å². The maximum absolute atomic E-state index is 13.7. The van der Waals surface area contributed by atoms with Crippen LogP contribution in [0.3, 0.4) is 0 Å². The van der Waals surface area contributed by atoms with E-state index < -0.39 is 0 Å². The van der Waals surface area contributed by atoms with Gasteiger partial charge in [0.05, 0.1) is 17.2 Å². The fourth-order valence-corrected chi connectivity index (χ4v) is 4.58. The minimum Gasteiger partial charge on any atom is -0.351 e. The highest BCUT2D eigenvalue weighted by atomic mass is 16.2. The fourth-order valence-electron chi connectivity index (χ4n) is 4.58. The summed E-state index contributed by atoms with van der Waals surface area (Å²) in [4.78, 5) is 28.7. The van der Waals surface area contributed by atoms with Crippen molar-refractivity contribution >= 4 is 24.1 Å². The summed E-state index contributed by atoms with van der Waals surface area (Å²) in [5.41, 5.74) is 4.16. The SMILES string of the molecule is CN1C(C2=CC=CCC2)=C(C(=O)N2C=CN(c3ccccc3)CC2)C2C=NC=NC21. The number of carbonyl (C=O) groups is 1. The lowest BCUT2D eigenvalue weighted by molar-refractivity contribution is -0.125. The van der Waals surface area contributed by atoms with Crippen LogP contribution in [0.2, 0.25) is 0 Å². The molecule has 2 atom stereocenters. The Hall–Kier alpha value is -3.41. The zero-order valence-electron chi connectivity index (χ0n) is 17.1. The number of hydrogen-bond donors (Lipinski definition) is 0. The van der Waals surface area contributed by atoms with Gasteiger partial charge in [-0.25, -0.2) is 9.98 Å². The normalized spacial score (nSPS) is 25.1. The van der Waals surface area contributed by atoms with Gasteiger partial charge in [0.25, 0.3) is 5.91 Å². The summed E-state index contributed by atoms with van der Waals surface area (Å²) >= 11 is 0. The number of para-hydroxylation sites is 1. The number of rotatable bonds is 3. The minimum atomic E-state index is -0.116. The molecule has 6 nitrogen and oxygen atoms in total. The van der Waals surface area contributed by atoms with E-state index in [1.807, 2.05) is 48.8 Å². The number of anilines is 1. The van der Waals surface area contributed by atoms with E-state index in [-0.39, 0.29) is 18.0 Å². The Kier molecular flexibility index (Phi) is 4.83. The molecule has 3 heterocycles. The van der Waals surface area contributed by atoms with Crippen molar-refractivity contribution in [1.82, 2.24) is 9.80 Å². The second kappa shape index (κ2) is 7.78. The smallest absolute Gasteiger partial charge is 0.256 e. The van der Waals surface area contributed by atoms with Gasteiger partial charge in [0.15, 0.2) is 0 Å². The Morgan fingerprint density at radius 3 is 2.73 bits per heavy atom. The number of carbonyl (C=O) groups excluding carboxylic acids is 1. The van der Waals surface area contributed by atoms with Crippen LogP contribution in [0.25, 0.3) is 0 Å². The molecule has 0 saturated heterocycles. The maximum Gasteiger partial charge on any atom is 0.256 e. The average molecular weight is 399 g/mol. The van der Waals surface area contributed by atoms with E-state index in [0.29, 0.717) is 6.54 Å². The zero-order valence-corrected chi connectivity index (χ0v) is 17.1. The molecule has 0 fully saturated rings. The third-order valence-electron chi connectivity index (χ3n) is 6.10. The zero-order chi connectivity index (χ0) is 20.5. The van der Waals surface area contributed by atoms with Gasteiger partial charge in [0.2, 0.25) is 0 Å². The lowest BCUT2D eigenvalue weighted by Crippen LogP contribution is -2.40. The average Bonchev–Trinajstić information content (AvgIpc) is 3.12. The van der Waals surface area contributed by atoms with Crippen molar-refractivity contribution in [3.63, 3.8) is 0 Å². The summed E-state index contributed by atoms with van der Waals surface area (Å²) < 4.78 is 0. The van der Waals surface area contributed by atoms with E-state index in [1.54, 1.807) is 6.34 Å². The number of allylic oxidation sites excluding steroid dienone is 4. The molecule has 1 amide bonds. The monoisotopic (exact) mass is 399 g/mol. The van der Waals surface area contributed by atoms with Gasteiger partial charge in [-0.05, 0) is 30.5 Å². The molecule has 2 unspecified atom stereocenters. The number of benzene rings is 1. The van der Waals surface area contributed by atoms with Gasteiger partial charge in [-0.2, -0.15) is 0 Å². The lowest BCUT2D eigenvalue weighted by atomic mass is 9.93. The molecule has 152 valence electrons. The third-order valence-corrected chi connectivity index (χ3v) is 6.10. The first-order chi connectivity index (χ1) is 14.7. The van der Waals surface area contributed by atoms with E-state index in [4.69, 9.17) is 0 Å². The van der Waals surface area contributed by atoms with E-state index in [9.17, 15) is 4.79 Å². The molecule has 5 rings (SSSR count). The molecule has 1 aromatic carbocycles. The van der Waals surface area contributed by atoms with Gasteiger partial charge < -0.3 is 14.7 Å². The lowest BCUT2D eigenvalue weighted by Gasteiger charge is -2.31. The number of hydrogen-bond acceptors (Lipinski definition) is 5. The topological polar surface area (TPSA) is 51.5 Å². The predicted octanol–water partition coefficient (Wildman–Crippen LogP) is 3.34. The Morgan fingerprint density at radius 2 is 2.00 bits per heavy atom. The highest BCUT2D eigenvalue weighted by molar-refractivity contribution is 6.01. The fraction of sp³-hybridized carbons (Fsp3) is 0.292.